The van der Waals surface area contributed by atoms with Crippen molar-refractivity contribution in [2.24, 2.45) is 10.9 Å². The van der Waals surface area contributed by atoms with E-state index in [1.807, 2.05) is 25.2 Å². The van der Waals surface area contributed by atoms with Crippen LogP contribution in [0.15, 0.2) is 23.2 Å². The summed E-state index contributed by atoms with van der Waals surface area (Å²) >= 11 is 0. The van der Waals surface area contributed by atoms with Gasteiger partial charge in [0, 0.05) is 46.0 Å². The number of benzene rings is 1. The lowest BCUT2D eigenvalue weighted by Crippen LogP contribution is -2.39. The third-order valence-corrected chi connectivity index (χ3v) is 4.71. The summed E-state index contributed by atoms with van der Waals surface area (Å²) in [4.78, 5) is 6.58. The van der Waals surface area contributed by atoms with Crippen LogP contribution in [0.2, 0.25) is 0 Å². The standard InChI is InChI=1S/C19H31N3O3/c1-20-19(22(2)11-8-15-9-12-25-13-10-15)21-14-16-6-5-7-17(23-3)18(16)24-4/h5-7,15H,8-14H2,1-4H3,(H,20,21). The van der Waals surface area contributed by atoms with E-state index in [-0.39, 0.29) is 0 Å². The Balaban J connectivity index is 1.89. The minimum absolute atomic E-state index is 0.634. The number of rotatable bonds is 7. The number of hydrogen-bond acceptors (Lipinski definition) is 4. The van der Waals surface area contributed by atoms with Crippen LogP contribution in [0, 0.1) is 5.92 Å². The van der Waals surface area contributed by atoms with Crippen LogP contribution >= 0.6 is 0 Å². The minimum atomic E-state index is 0.634. The van der Waals surface area contributed by atoms with Crippen LogP contribution in [0.25, 0.3) is 0 Å². The third-order valence-electron chi connectivity index (χ3n) is 4.71. The van der Waals surface area contributed by atoms with E-state index in [4.69, 9.17) is 14.2 Å². The lowest BCUT2D eigenvalue weighted by molar-refractivity contribution is 0.0625. The minimum Gasteiger partial charge on any atom is -0.493 e. The predicted octanol–water partition coefficient (Wildman–Crippen LogP) is 2.53. The van der Waals surface area contributed by atoms with E-state index in [2.05, 4.69) is 22.3 Å². The average molecular weight is 349 g/mol. The maximum Gasteiger partial charge on any atom is 0.193 e. The maximum atomic E-state index is 5.49. The van der Waals surface area contributed by atoms with Crippen LogP contribution in [0.5, 0.6) is 11.5 Å². The number of guanidine groups is 1. The molecule has 1 fully saturated rings. The number of para-hydroxylation sites is 1. The van der Waals surface area contributed by atoms with Crippen molar-refractivity contribution >= 4 is 5.96 Å². The first-order chi connectivity index (χ1) is 12.2. The summed E-state index contributed by atoms with van der Waals surface area (Å²) in [6.45, 7) is 3.42. The molecule has 0 radical (unpaired) electrons. The first-order valence-corrected chi connectivity index (χ1v) is 8.89. The quantitative estimate of drug-likeness (QED) is 0.606. The number of methoxy groups -OCH3 is 2. The van der Waals surface area contributed by atoms with Crippen LogP contribution in [-0.2, 0) is 11.3 Å². The number of nitrogens with zero attached hydrogens (tertiary/aromatic N) is 2. The normalized spacial score (nSPS) is 15.8. The van der Waals surface area contributed by atoms with Crippen molar-refractivity contribution in [1.82, 2.24) is 10.2 Å². The average Bonchev–Trinajstić information content (AvgIpc) is 2.67. The molecule has 6 heteroatoms. The van der Waals surface area contributed by atoms with Crippen LogP contribution in [0.3, 0.4) is 0 Å². The molecule has 6 nitrogen and oxygen atoms in total. The zero-order valence-electron chi connectivity index (χ0n) is 15.9. The molecule has 1 aromatic carbocycles. The molecule has 2 rings (SSSR count). The van der Waals surface area contributed by atoms with E-state index in [0.717, 1.165) is 48.7 Å². The maximum absolute atomic E-state index is 5.49. The highest BCUT2D eigenvalue weighted by Crippen LogP contribution is 2.30. The highest BCUT2D eigenvalue weighted by atomic mass is 16.5. The van der Waals surface area contributed by atoms with E-state index in [1.54, 1.807) is 14.2 Å². The van der Waals surface area contributed by atoms with Crippen molar-refractivity contribution in [1.29, 1.82) is 0 Å². The molecule has 25 heavy (non-hydrogen) atoms. The van der Waals surface area contributed by atoms with Gasteiger partial charge in [0.2, 0.25) is 0 Å². The predicted molar refractivity (Wildman–Crippen MR) is 101 cm³/mol. The van der Waals surface area contributed by atoms with Gasteiger partial charge in [0.15, 0.2) is 17.5 Å². The summed E-state index contributed by atoms with van der Waals surface area (Å²) in [5, 5.41) is 3.41. The molecule has 0 saturated carbocycles. The molecule has 1 aromatic rings. The van der Waals surface area contributed by atoms with E-state index in [1.165, 1.54) is 19.3 Å². The summed E-state index contributed by atoms with van der Waals surface area (Å²) in [7, 11) is 7.21. The van der Waals surface area contributed by atoms with Gasteiger partial charge in [-0.3, -0.25) is 4.99 Å². The Bertz CT molecular complexity index is 557. The molecule has 0 amide bonds. The molecule has 0 bridgehead atoms. The lowest BCUT2D eigenvalue weighted by Gasteiger charge is -2.27. The third kappa shape index (κ3) is 5.53. The Labute approximate surface area is 151 Å². The Kier molecular flexibility index (Phi) is 7.85. The molecule has 0 aromatic heterocycles. The van der Waals surface area contributed by atoms with E-state index < -0.39 is 0 Å². The van der Waals surface area contributed by atoms with E-state index in [0.29, 0.717) is 6.54 Å². The van der Waals surface area contributed by atoms with Gasteiger partial charge in [-0.15, -0.1) is 0 Å². The van der Waals surface area contributed by atoms with Crippen molar-refractivity contribution in [3.63, 3.8) is 0 Å². The Morgan fingerprint density at radius 3 is 2.68 bits per heavy atom. The molecular weight excluding hydrogens is 318 g/mol. The van der Waals surface area contributed by atoms with Crippen molar-refractivity contribution in [3.8, 4) is 11.5 Å². The topological polar surface area (TPSA) is 55.3 Å². The van der Waals surface area contributed by atoms with Gasteiger partial charge in [0.25, 0.3) is 0 Å². The van der Waals surface area contributed by atoms with E-state index >= 15 is 0 Å². The van der Waals surface area contributed by atoms with Crippen LogP contribution < -0.4 is 14.8 Å². The van der Waals surface area contributed by atoms with Gasteiger partial charge < -0.3 is 24.4 Å². The van der Waals surface area contributed by atoms with Crippen LogP contribution in [0.1, 0.15) is 24.8 Å². The highest BCUT2D eigenvalue weighted by molar-refractivity contribution is 5.79. The molecule has 0 atom stereocenters. The number of nitrogens with one attached hydrogen (secondary N) is 1. The number of ether oxygens (including phenoxy) is 3. The Hall–Kier alpha value is -1.95. The van der Waals surface area contributed by atoms with Gasteiger partial charge >= 0.3 is 0 Å². The van der Waals surface area contributed by atoms with Crippen LogP contribution in [-0.4, -0.2) is 58.9 Å². The molecule has 1 saturated heterocycles. The molecule has 0 unspecified atom stereocenters. The van der Waals surface area contributed by atoms with Gasteiger partial charge in [0.1, 0.15) is 0 Å². The molecule has 1 N–H and O–H groups in total. The zero-order chi connectivity index (χ0) is 18.1. The van der Waals surface area contributed by atoms with Crippen molar-refractivity contribution in [2.75, 3.05) is 48.1 Å². The summed E-state index contributed by atoms with van der Waals surface area (Å²) < 4.78 is 16.3. The molecular formula is C19H31N3O3. The van der Waals surface area contributed by atoms with E-state index in [9.17, 15) is 0 Å². The second kappa shape index (κ2) is 10.1. The first-order valence-electron chi connectivity index (χ1n) is 8.89. The van der Waals surface area contributed by atoms with Crippen molar-refractivity contribution < 1.29 is 14.2 Å². The fraction of sp³-hybridized carbons (Fsp3) is 0.632. The largest absolute Gasteiger partial charge is 0.493 e. The molecule has 0 spiro atoms. The summed E-state index contributed by atoms with van der Waals surface area (Å²) in [5.41, 5.74) is 1.04. The Morgan fingerprint density at radius 1 is 1.28 bits per heavy atom. The zero-order valence-corrected chi connectivity index (χ0v) is 15.9. The molecule has 1 heterocycles. The van der Waals surface area contributed by atoms with Gasteiger partial charge in [-0.05, 0) is 31.2 Å². The smallest absolute Gasteiger partial charge is 0.193 e. The van der Waals surface area contributed by atoms with Gasteiger partial charge in [-0.1, -0.05) is 12.1 Å². The fourth-order valence-corrected chi connectivity index (χ4v) is 3.17. The summed E-state index contributed by atoms with van der Waals surface area (Å²) in [5.74, 6) is 3.15. The molecule has 140 valence electrons. The number of aliphatic imine (C=N–C) groups is 1. The summed E-state index contributed by atoms with van der Waals surface area (Å²) in [6, 6.07) is 5.90. The van der Waals surface area contributed by atoms with Gasteiger partial charge in [0.05, 0.1) is 14.2 Å². The molecule has 0 aliphatic carbocycles. The van der Waals surface area contributed by atoms with Gasteiger partial charge in [-0.25, -0.2) is 0 Å². The highest BCUT2D eigenvalue weighted by Gasteiger charge is 2.16. The van der Waals surface area contributed by atoms with Crippen molar-refractivity contribution in [2.45, 2.75) is 25.8 Å². The Morgan fingerprint density at radius 2 is 2.04 bits per heavy atom. The number of hydrogen-bond donors (Lipinski definition) is 1. The fourth-order valence-electron chi connectivity index (χ4n) is 3.17. The molecule has 1 aliphatic rings. The van der Waals surface area contributed by atoms with Gasteiger partial charge in [-0.2, -0.15) is 0 Å². The van der Waals surface area contributed by atoms with Crippen LogP contribution in [0.4, 0.5) is 0 Å². The summed E-state index contributed by atoms with van der Waals surface area (Å²) in [6.07, 6.45) is 3.50. The monoisotopic (exact) mass is 349 g/mol. The second-order valence-electron chi connectivity index (χ2n) is 6.32. The first kappa shape index (κ1) is 19.4. The van der Waals surface area contributed by atoms with Crippen molar-refractivity contribution in [3.05, 3.63) is 23.8 Å². The SMILES string of the molecule is CN=C(NCc1cccc(OC)c1OC)N(C)CCC1CCOCC1. The molecule has 1 aliphatic heterocycles. The second-order valence-corrected chi connectivity index (χ2v) is 6.32. The lowest BCUT2D eigenvalue weighted by atomic mass is 9.96.